The summed E-state index contributed by atoms with van der Waals surface area (Å²) in [7, 11) is 0. The second-order valence-corrected chi connectivity index (χ2v) is 5.32. The lowest BCUT2D eigenvalue weighted by atomic mass is 9.98. The lowest BCUT2D eigenvalue weighted by Gasteiger charge is -2.19. The van der Waals surface area contributed by atoms with Crippen molar-refractivity contribution in [1.82, 2.24) is 0 Å². The molecule has 0 bridgehead atoms. The first-order chi connectivity index (χ1) is 8.69. The van der Waals surface area contributed by atoms with E-state index in [9.17, 15) is 4.39 Å². The molecule has 1 heterocycles. The molecule has 0 spiro atoms. The molecule has 0 amide bonds. The molecule has 0 radical (unpaired) electrons. The molecule has 2 unspecified atom stereocenters. The summed E-state index contributed by atoms with van der Waals surface area (Å²) in [4.78, 5) is 2.35. The van der Waals surface area contributed by atoms with E-state index < -0.39 is 0 Å². The fraction of sp³-hybridized carbons (Fsp3) is 0.600. The van der Waals surface area contributed by atoms with Crippen LogP contribution in [0.25, 0.3) is 0 Å². The molecule has 18 heavy (non-hydrogen) atoms. The molecule has 1 aliphatic heterocycles. The molecule has 1 fully saturated rings. The quantitative estimate of drug-likeness (QED) is 0.869. The van der Waals surface area contributed by atoms with E-state index in [1.165, 1.54) is 25.0 Å². The number of hydrogen-bond acceptors (Lipinski definition) is 2. The Kier molecular flexibility index (Phi) is 4.59. The summed E-state index contributed by atoms with van der Waals surface area (Å²) < 4.78 is 12.9. The van der Waals surface area contributed by atoms with Crippen LogP contribution in [0.2, 0.25) is 0 Å². The predicted molar refractivity (Wildman–Crippen MR) is 74.2 cm³/mol. The van der Waals surface area contributed by atoms with Gasteiger partial charge in [-0.05, 0) is 55.9 Å². The van der Waals surface area contributed by atoms with Gasteiger partial charge in [0, 0.05) is 24.8 Å². The highest BCUT2D eigenvalue weighted by Crippen LogP contribution is 2.27. The predicted octanol–water partition coefficient (Wildman–Crippen LogP) is 3.17. The van der Waals surface area contributed by atoms with Crippen LogP contribution in [-0.2, 0) is 0 Å². The Hall–Kier alpha value is -1.09. The minimum absolute atomic E-state index is 0.164. The van der Waals surface area contributed by atoms with E-state index in [2.05, 4.69) is 11.8 Å². The van der Waals surface area contributed by atoms with E-state index in [1.54, 1.807) is 0 Å². The molecule has 2 N–H and O–H groups in total. The van der Waals surface area contributed by atoms with E-state index in [4.69, 9.17) is 5.73 Å². The molecule has 2 atom stereocenters. The molecule has 1 aromatic rings. The van der Waals surface area contributed by atoms with Gasteiger partial charge < -0.3 is 10.6 Å². The summed E-state index contributed by atoms with van der Waals surface area (Å²) in [5.74, 6) is 0.580. The van der Waals surface area contributed by atoms with Crippen molar-refractivity contribution in [3.63, 3.8) is 0 Å². The number of benzene rings is 1. The van der Waals surface area contributed by atoms with Crippen LogP contribution in [0.4, 0.5) is 10.1 Å². The Balaban J connectivity index is 1.83. The highest BCUT2D eigenvalue weighted by atomic mass is 19.1. The highest BCUT2D eigenvalue weighted by molar-refractivity contribution is 5.47. The second kappa shape index (κ2) is 6.19. The van der Waals surface area contributed by atoms with E-state index >= 15 is 0 Å². The van der Waals surface area contributed by atoms with Crippen LogP contribution in [0.3, 0.4) is 0 Å². The van der Waals surface area contributed by atoms with Crippen molar-refractivity contribution >= 4 is 5.69 Å². The average Bonchev–Trinajstić information content (AvgIpc) is 2.85. The normalized spacial score (nSPS) is 21.3. The molecule has 100 valence electrons. The van der Waals surface area contributed by atoms with E-state index in [-0.39, 0.29) is 5.82 Å². The summed E-state index contributed by atoms with van der Waals surface area (Å²) >= 11 is 0. The Morgan fingerprint density at radius 1 is 1.39 bits per heavy atom. The largest absolute Gasteiger partial charge is 0.371 e. The number of halogens is 1. The average molecular weight is 250 g/mol. The SMILES string of the molecule is CCC(N)CCC1CCN(c2ccc(F)cc2)C1. The Labute approximate surface area is 109 Å². The summed E-state index contributed by atoms with van der Waals surface area (Å²) in [6.45, 7) is 4.31. The molecular formula is C15H23FN2. The molecule has 2 rings (SSSR count). The van der Waals surface area contributed by atoms with Gasteiger partial charge in [-0.15, -0.1) is 0 Å². The van der Waals surface area contributed by atoms with Crippen molar-refractivity contribution in [3.8, 4) is 0 Å². The van der Waals surface area contributed by atoms with E-state index in [0.29, 0.717) is 6.04 Å². The fourth-order valence-electron chi connectivity index (χ4n) is 2.61. The molecule has 2 nitrogen and oxygen atoms in total. The van der Waals surface area contributed by atoms with Crippen LogP contribution in [-0.4, -0.2) is 19.1 Å². The van der Waals surface area contributed by atoms with Crippen LogP contribution in [0, 0.1) is 11.7 Å². The summed E-state index contributed by atoms with van der Waals surface area (Å²) in [5.41, 5.74) is 7.10. The minimum atomic E-state index is -0.164. The van der Waals surface area contributed by atoms with Crippen LogP contribution >= 0.6 is 0 Å². The molecule has 1 saturated heterocycles. The summed E-state index contributed by atoms with van der Waals surface area (Å²) in [6, 6.07) is 7.17. The third-order valence-corrected chi connectivity index (χ3v) is 3.95. The van der Waals surface area contributed by atoms with Gasteiger partial charge in [-0.25, -0.2) is 4.39 Å². The number of nitrogens with two attached hydrogens (primary N) is 1. The first-order valence-electron chi connectivity index (χ1n) is 6.95. The third-order valence-electron chi connectivity index (χ3n) is 3.95. The number of anilines is 1. The van der Waals surface area contributed by atoms with Gasteiger partial charge in [0.05, 0.1) is 0 Å². The monoisotopic (exact) mass is 250 g/mol. The summed E-state index contributed by atoms with van der Waals surface area (Å²) in [5, 5.41) is 0. The van der Waals surface area contributed by atoms with Gasteiger partial charge in [0.15, 0.2) is 0 Å². The maximum absolute atomic E-state index is 12.9. The number of nitrogens with zero attached hydrogens (tertiary/aromatic N) is 1. The number of rotatable bonds is 5. The van der Waals surface area contributed by atoms with Crippen LogP contribution < -0.4 is 10.6 Å². The minimum Gasteiger partial charge on any atom is -0.371 e. The Morgan fingerprint density at radius 2 is 2.11 bits per heavy atom. The first kappa shape index (κ1) is 13.3. The van der Waals surface area contributed by atoms with Crippen LogP contribution in [0.15, 0.2) is 24.3 Å². The fourth-order valence-corrected chi connectivity index (χ4v) is 2.61. The van der Waals surface area contributed by atoms with Gasteiger partial charge in [0.1, 0.15) is 5.82 Å². The maximum Gasteiger partial charge on any atom is 0.123 e. The maximum atomic E-state index is 12.9. The van der Waals surface area contributed by atoms with Crippen LogP contribution in [0.1, 0.15) is 32.6 Å². The molecule has 0 saturated carbocycles. The zero-order valence-electron chi connectivity index (χ0n) is 11.1. The van der Waals surface area contributed by atoms with E-state index in [1.807, 2.05) is 12.1 Å². The zero-order valence-corrected chi connectivity index (χ0v) is 11.1. The van der Waals surface area contributed by atoms with Crippen molar-refractivity contribution in [2.45, 2.75) is 38.6 Å². The van der Waals surface area contributed by atoms with Gasteiger partial charge in [-0.1, -0.05) is 6.92 Å². The standard InChI is InChI=1S/C15H23FN2/c1-2-14(17)6-3-12-9-10-18(11-12)15-7-4-13(16)5-8-15/h4-5,7-8,12,14H,2-3,6,9-11,17H2,1H3. The lowest BCUT2D eigenvalue weighted by Crippen LogP contribution is -2.22. The zero-order chi connectivity index (χ0) is 13.0. The first-order valence-corrected chi connectivity index (χ1v) is 6.95. The molecule has 1 aliphatic rings. The molecular weight excluding hydrogens is 227 g/mol. The van der Waals surface area contributed by atoms with Crippen molar-refractivity contribution in [1.29, 1.82) is 0 Å². The third kappa shape index (κ3) is 3.45. The Bertz CT molecular complexity index is 363. The van der Waals surface area contributed by atoms with Gasteiger partial charge >= 0.3 is 0 Å². The molecule has 0 aromatic heterocycles. The topological polar surface area (TPSA) is 29.3 Å². The second-order valence-electron chi connectivity index (χ2n) is 5.32. The lowest BCUT2D eigenvalue weighted by molar-refractivity contribution is 0.464. The molecule has 1 aromatic carbocycles. The van der Waals surface area contributed by atoms with E-state index in [0.717, 1.165) is 37.5 Å². The van der Waals surface area contributed by atoms with Crippen LogP contribution in [0.5, 0.6) is 0 Å². The highest BCUT2D eigenvalue weighted by Gasteiger charge is 2.22. The number of hydrogen-bond donors (Lipinski definition) is 1. The van der Waals surface area contributed by atoms with Crippen molar-refractivity contribution < 1.29 is 4.39 Å². The van der Waals surface area contributed by atoms with Crippen molar-refractivity contribution in [3.05, 3.63) is 30.1 Å². The van der Waals surface area contributed by atoms with Gasteiger partial charge in [-0.3, -0.25) is 0 Å². The molecule has 3 heteroatoms. The Morgan fingerprint density at radius 3 is 2.78 bits per heavy atom. The summed E-state index contributed by atoms with van der Waals surface area (Å²) in [6.07, 6.45) is 4.63. The van der Waals surface area contributed by atoms with Crippen molar-refractivity contribution in [2.75, 3.05) is 18.0 Å². The van der Waals surface area contributed by atoms with Gasteiger partial charge in [0.25, 0.3) is 0 Å². The van der Waals surface area contributed by atoms with Gasteiger partial charge in [-0.2, -0.15) is 0 Å². The smallest absolute Gasteiger partial charge is 0.123 e. The van der Waals surface area contributed by atoms with Gasteiger partial charge in [0.2, 0.25) is 0 Å². The molecule has 0 aliphatic carbocycles. The van der Waals surface area contributed by atoms with Crippen molar-refractivity contribution in [2.24, 2.45) is 11.7 Å².